The fourth-order valence-corrected chi connectivity index (χ4v) is 0. The van der Waals surface area contributed by atoms with E-state index >= 15 is 0 Å². The van der Waals surface area contributed by atoms with Crippen LogP contribution in [0.1, 0.15) is 6.92 Å². The second-order valence-corrected chi connectivity index (χ2v) is 3.07. The van der Waals surface area contributed by atoms with Gasteiger partial charge in [-0.15, -0.1) is 0 Å². The van der Waals surface area contributed by atoms with Gasteiger partial charge in [-0.1, -0.05) is 6.92 Å². The number of hydrogen-bond donors (Lipinski definition) is 0. The molecule has 0 N–H and O–H groups in total. The number of thioether (sulfide) groups is 1. The molecule has 52 valence electrons. The zero-order valence-corrected chi connectivity index (χ0v) is 7.38. The SMILES string of the molecule is CCSC.CN(C)C. The Hall–Kier alpha value is 0.310. The van der Waals surface area contributed by atoms with Crippen LogP contribution < -0.4 is 0 Å². The third-order valence-electron chi connectivity index (χ3n) is 0.289. The Morgan fingerprint density at radius 1 is 1.25 bits per heavy atom. The van der Waals surface area contributed by atoms with Crippen molar-refractivity contribution in [2.45, 2.75) is 6.92 Å². The van der Waals surface area contributed by atoms with Crippen LogP contribution in [0.4, 0.5) is 0 Å². The van der Waals surface area contributed by atoms with E-state index in [9.17, 15) is 0 Å². The second-order valence-electron chi connectivity index (χ2n) is 1.92. The molecule has 0 amide bonds. The molecule has 0 radical (unpaired) electrons. The highest BCUT2D eigenvalue weighted by Crippen LogP contribution is 1.83. The smallest absolute Gasteiger partial charge is 0.00988 e. The first-order valence-corrected chi connectivity index (χ1v) is 4.14. The molecule has 0 aromatic rings. The molecule has 0 bridgehead atoms. The maximum atomic E-state index is 2.14. The van der Waals surface area contributed by atoms with Crippen LogP contribution in [0, 0.1) is 0 Å². The van der Waals surface area contributed by atoms with Crippen molar-refractivity contribution >= 4 is 11.8 Å². The molecule has 0 aromatic carbocycles. The summed E-state index contributed by atoms with van der Waals surface area (Å²) in [7, 11) is 6.00. The van der Waals surface area contributed by atoms with Gasteiger partial charge in [0.15, 0.2) is 0 Å². The zero-order valence-electron chi connectivity index (χ0n) is 6.56. The lowest BCUT2D eigenvalue weighted by atomic mass is 11.0. The van der Waals surface area contributed by atoms with Crippen LogP contribution in [0.2, 0.25) is 0 Å². The van der Waals surface area contributed by atoms with E-state index in [1.165, 1.54) is 5.75 Å². The Morgan fingerprint density at radius 2 is 1.38 bits per heavy atom. The highest BCUT2D eigenvalue weighted by molar-refractivity contribution is 7.98. The molecule has 0 saturated carbocycles. The Labute approximate surface area is 57.5 Å². The van der Waals surface area contributed by atoms with Gasteiger partial charge in [0.1, 0.15) is 0 Å². The molecular formula is C6H17NS. The van der Waals surface area contributed by atoms with Crippen LogP contribution >= 0.6 is 11.8 Å². The van der Waals surface area contributed by atoms with Gasteiger partial charge in [-0.05, 0) is 33.2 Å². The van der Waals surface area contributed by atoms with Crippen molar-refractivity contribution in [2.75, 3.05) is 33.2 Å². The van der Waals surface area contributed by atoms with Crippen LogP contribution in [0.15, 0.2) is 0 Å². The summed E-state index contributed by atoms with van der Waals surface area (Å²) in [6, 6.07) is 0. The van der Waals surface area contributed by atoms with Crippen LogP contribution in [0.25, 0.3) is 0 Å². The Bertz CT molecular complexity index is 25.0. The summed E-state index contributed by atoms with van der Waals surface area (Å²) in [5.74, 6) is 1.24. The molecule has 0 spiro atoms. The summed E-state index contributed by atoms with van der Waals surface area (Å²) in [5.41, 5.74) is 0. The largest absolute Gasteiger partial charge is 0.312 e. The average Bonchev–Trinajstić information content (AvgIpc) is 1.65. The molecule has 0 heterocycles. The van der Waals surface area contributed by atoms with Gasteiger partial charge in [0.25, 0.3) is 0 Å². The van der Waals surface area contributed by atoms with Gasteiger partial charge < -0.3 is 4.90 Å². The maximum Gasteiger partial charge on any atom is -0.00988 e. The molecule has 0 unspecified atom stereocenters. The molecule has 0 aliphatic heterocycles. The predicted molar refractivity (Wildman–Crippen MR) is 43.7 cm³/mol. The first kappa shape index (κ1) is 11.2. The molecule has 0 rings (SSSR count). The number of nitrogens with zero attached hydrogens (tertiary/aromatic N) is 1. The molecule has 0 fully saturated rings. The van der Waals surface area contributed by atoms with Gasteiger partial charge >= 0.3 is 0 Å². The number of rotatable bonds is 1. The summed E-state index contributed by atoms with van der Waals surface area (Å²) in [4.78, 5) is 2.00. The summed E-state index contributed by atoms with van der Waals surface area (Å²) < 4.78 is 0. The van der Waals surface area contributed by atoms with Crippen molar-refractivity contribution in [3.05, 3.63) is 0 Å². The highest BCUT2D eigenvalue weighted by atomic mass is 32.2. The standard InChI is InChI=1S/C3H9N.C3H8S/c1-4(2)3;1-3-4-2/h1-3H3;3H2,1-2H3. The van der Waals surface area contributed by atoms with Gasteiger partial charge in [0.05, 0.1) is 0 Å². The van der Waals surface area contributed by atoms with E-state index in [1.807, 2.05) is 37.8 Å². The van der Waals surface area contributed by atoms with Crippen LogP contribution in [0.3, 0.4) is 0 Å². The van der Waals surface area contributed by atoms with Crippen molar-refractivity contribution in [2.24, 2.45) is 0 Å². The van der Waals surface area contributed by atoms with Gasteiger partial charge in [0, 0.05) is 0 Å². The lowest BCUT2D eigenvalue weighted by Gasteiger charge is -1.90. The van der Waals surface area contributed by atoms with E-state index in [0.29, 0.717) is 0 Å². The second kappa shape index (κ2) is 10.3. The fraction of sp³-hybridized carbons (Fsp3) is 1.00. The molecular weight excluding hydrogens is 118 g/mol. The van der Waals surface area contributed by atoms with Crippen molar-refractivity contribution in [3.63, 3.8) is 0 Å². The minimum Gasteiger partial charge on any atom is -0.312 e. The van der Waals surface area contributed by atoms with Crippen molar-refractivity contribution in [3.8, 4) is 0 Å². The van der Waals surface area contributed by atoms with E-state index in [4.69, 9.17) is 0 Å². The average molecular weight is 135 g/mol. The minimum absolute atomic E-state index is 1.24. The molecule has 2 heteroatoms. The molecule has 1 nitrogen and oxygen atoms in total. The summed E-state index contributed by atoms with van der Waals surface area (Å²) in [5, 5.41) is 0. The van der Waals surface area contributed by atoms with Crippen molar-refractivity contribution in [1.82, 2.24) is 4.90 Å². The zero-order chi connectivity index (χ0) is 6.99. The van der Waals surface area contributed by atoms with E-state index in [-0.39, 0.29) is 0 Å². The number of hydrogen-bond acceptors (Lipinski definition) is 2. The van der Waals surface area contributed by atoms with Gasteiger partial charge in [-0.25, -0.2) is 0 Å². The van der Waals surface area contributed by atoms with E-state index in [2.05, 4.69) is 13.2 Å². The van der Waals surface area contributed by atoms with Crippen LogP contribution in [-0.2, 0) is 0 Å². The fourth-order valence-electron chi connectivity index (χ4n) is 0. The molecule has 8 heavy (non-hydrogen) atoms. The van der Waals surface area contributed by atoms with E-state index in [0.717, 1.165) is 0 Å². The maximum absolute atomic E-state index is 2.14. The van der Waals surface area contributed by atoms with Gasteiger partial charge in [-0.2, -0.15) is 11.8 Å². The first-order valence-electron chi connectivity index (χ1n) is 2.75. The van der Waals surface area contributed by atoms with Crippen LogP contribution in [0.5, 0.6) is 0 Å². The Balaban J connectivity index is 0. The van der Waals surface area contributed by atoms with Crippen molar-refractivity contribution < 1.29 is 0 Å². The van der Waals surface area contributed by atoms with E-state index in [1.54, 1.807) is 0 Å². The van der Waals surface area contributed by atoms with Crippen LogP contribution in [-0.4, -0.2) is 38.1 Å². The summed E-state index contributed by atoms with van der Waals surface area (Å²) in [6.07, 6.45) is 2.10. The third-order valence-corrected chi connectivity index (χ3v) is 0.866. The highest BCUT2D eigenvalue weighted by Gasteiger charge is 1.58. The Morgan fingerprint density at radius 3 is 1.38 bits per heavy atom. The van der Waals surface area contributed by atoms with Crippen molar-refractivity contribution in [1.29, 1.82) is 0 Å². The predicted octanol–water partition coefficient (Wildman–Crippen LogP) is 1.55. The lowest BCUT2D eigenvalue weighted by Crippen LogP contribution is -1.99. The summed E-state index contributed by atoms with van der Waals surface area (Å²) in [6.45, 7) is 2.14. The summed E-state index contributed by atoms with van der Waals surface area (Å²) >= 11 is 1.86. The molecule has 0 aliphatic carbocycles. The van der Waals surface area contributed by atoms with E-state index < -0.39 is 0 Å². The molecule has 0 aromatic heterocycles. The topological polar surface area (TPSA) is 3.24 Å². The lowest BCUT2D eigenvalue weighted by molar-refractivity contribution is 0.505. The quantitative estimate of drug-likeness (QED) is 0.536. The van der Waals surface area contributed by atoms with Gasteiger partial charge in [-0.3, -0.25) is 0 Å². The molecule has 0 atom stereocenters. The molecule has 0 saturated heterocycles. The Kier molecular flexibility index (Phi) is 14.4. The normalized spacial score (nSPS) is 8.25. The minimum atomic E-state index is 1.24. The first-order chi connectivity index (χ1) is 3.65. The van der Waals surface area contributed by atoms with Gasteiger partial charge in [0.2, 0.25) is 0 Å². The molecule has 0 aliphatic rings. The monoisotopic (exact) mass is 135 g/mol. The third kappa shape index (κ3) is 104.